The Balaban J connectivity index is 1.98. The standard InChI is InChI=1S/C21H21NO3/c1-25-18-12-6-11-17-20(18)19-15(21(23)24)9-5-10-16(19)22(17)13-14-7-3-2-4-8-14/h2-4,6-8,11-12,15H,5,9-10,13H2,1H3,(H,23,24). The van der Waals surface area contributed by atoms with Gasteiger partial charge in [0.05, 0.1) is 18.5 Å². The zero-order valence-corrected chi connectivity index (χ0v) is 14.2. The molecule has 0 aliphatic heterocycles. The second kappa shape index (κ2) is 6.28. The monoisotopic (exact) mass is 335 g/mol. The van der Waals surface area contributed by atoms with Crippen molar-refractivity contribution in [1.29, 1.82) is 0 Å². The van der Waals surface area contributed by atoms with Gasteiger partial charge in [-0.2, -0.15) is 0 Å². The van der Waals surface area contributed by atoms with Crippen LogP contribution in [0.4, 0.5) is 0 Å². The van der Waals surface area contributed by atoms with Crippen molar-refractivity contribution in [2.75, 3.05) is 7.11 Å². The summed E-state index contributed by atoms with van der Waals surface area (Å²) in [7, 11) is 1.65. The van der Waals surface area contributed by atoms with Crippen LogP contribution in [0, 0.1) is 0 Å². The highest BCUT2D eigenvalue weighted by Gasteiger charge is 2.33. The lowest BCUT2D eigenvalue weighted by Gasteiger charge is -2.21. The third-order valence-corrected chi connectivity index (χ3v) is 5.16. The largest absolute Gasteiger partial charge is 0.496 e. The van der Waals surface area contributed by atoms with E-state index in [4.69, 9.17) is 4.74 Å². The van der Waals surface area contributed by atoms with E-state index in [9.17, 15) is 9.90 Å². The highest BCUT2D eigenvalue weighted by molar-refractivity contribution is 5.96. The number of ether oxygens (including phenoxy) is 1. The van der Waals surface area contributed by atoms with Crippen LogP contribution in [0.25, 0.3) is 10.9 Å². The molecule has 2 aromatic carbocycles. The Morgan fingerprint density at radius 1 is 1.20 bits per heavy atom. The Kier molecular flexibility index (Phi) is 3.96. The summed E-state index contributed by atoms with van der Waals surface area (Å²) in [6.07, 6.45) is 2.49. The molecule has 25 heavy (non-hydrogen) atoms. The molecule has 128 valence electrons. The van der Waals surface area contributed by atoms with Gasteiger partial charge in [-0.1, -0.05) is 36.4 Å². The predicted octanol–water partition coefficient (Wildman–Crippen LogP) is 4.20. The van der Waals surface area contributed by atoms with Crippen molar-refractivity contribution in [3.8, 4) is 5.75 Å². The van der Waals surface area contributed by atoms with E-state index in [1.807, 2.05) is 30.3 Å². The minimum absolute atomic E-state index is 0.459. The number of hydrogen-bond donors (Lipinski definition) is 1. The Labute approximate surface area is 146 Å². The molecule has 3 aromatic rings. The number of aromatic nitrogens is 1. The molecule has 0 fully saturated rings. The number of carboxylic acids is 1. The van der Waals surface area contributed by atoms with E-state index in [-0.39, 0.29) is 0 Å². The van der Waals surface area contributed by atoms with Gasteiger partial charge in [-0.15, -0.1) is 0 Å². The molecule has 4 rings (SSSR count). The lowest BCUT2D eigenvalue weighted by Crippen LogP contribution is -2.19. The van der Waals surface area contributed by atoms with Gasteiger partial charge in [-0.25, -0.2) is 0 Å². The predicted molar refractivity (Wildman–Crippen MR) is 97.3 cm³/mol. The fraction of sp³-hybridized carbons (Fsp3) is 0.286. The van der Waals surface area contributed by atoms with E-state index >= 15 is 0 Å². The Bertz CT molecular complexity index is 927. The quantitative estimate of drug-likeness (QED) is 0.777. The van der Waals surface area contributed by atoms with Gasteiger partial charge in [-0.3, -0.25) is 4.79 Å². The topological polar surface area (TPSA) is 51.5 Å². The van der Waals surface area contributed by atoms with Gasteiger partial charge >= 0.3 is 5.97 Å². The molecule has 1 heterocycles. The van der Waals surface area contributed by atoms with E-state index in [1.54, 1.807) is 7.11 Å². The minimum Gasteiger partial charge on any atom is -0.496 e. The van der Waals surface area contributed by atoms with Crippen LogP contribution in [0.5, 0.6) is 5.75 Å². The molecule has 0 amide bonds. The first-order valence-corrected chi connectivity index (χ1v) is 8.65. The fourth-order valence-electron chi connectivity index (χ4n) is 4.08. The van der Waals surface area contributed by atoms with E-state index in [0.717, 1.165) is 47.3 Å². The van der Waals surface area contributed by atoms with Crippen molar-refractivity contribution >= 4 is 16.9 Å². The summed E-state index contributed by atoms with van der Waals surface area (Å²) in [4.78, 5) is 11.9. The number of nitrogens with zero attached hydrogens (tertiary/aromatic N) is 1. The first kappa shape index (κ1) is 15.8. The maximum Gasteiger partial charge on any atom is 0.311 e. The van der Waals surface area contributed by atoms with Crippen molar-refractivity contribution in [2.24, 2.45) is 0 Å². The van der Waals surface area contributed by atoms with Gasteiger partial charge in [0.25, 0.3) is 0 Å². The molecule has 0 bridgehead atoms. The van der Waals surface area contributed by atoms with Gasteiger partial charge in [0.1, 0.15) is 5.75 Å². The molecule has 1 atom stereocenters. The van der Waals surface area contributed by atoms with Crippen LogP contribution in [0.2, 0.25) is 0 Å². The SMILES string of the molecule is COc1cccc2c1c1c(n2Cc2ccccc2)CCCC1C(=O)O. The maximum absolute atomic E-state index is 11.9. The van der Waals surface area contributed by atoms with Crippen LogP contribution in [0.3, 0.4) is 0 Å². The molecule has 0 saturated carbocycles. The average Bonchev–Trinajstić information content (AvgIpc) is 2.96. The second-order valence-corrected chi connectivity index (χ2v) is 6.57. The molecule has 1 unspecified atom stereocenters. The number of fused-ring (bicyclic) bond motifs is 3. The first-order valence-electron chi connectivity index (χ1n) is 8.65. The van der Waals surface area contributed by atoms with Crippen LogP contribution >= 0.6 is 0 Å². The molecule has 1 aromatic heterocycles. The molecule has 1 aliphatic rings. The number of methoxy groups -OCH3 is 1. The molecule has 1 aliphatic carbocycles. The lowest BCUT2D eigenvalue weighted by atomic mass is 9.85. The van der Waals surface area contributed by atoms with Crippen LogP contribution in [0.15, 0.2) is 48.5 Å². The Morgan fingerprint density at radius 2 is 2.00 bits per heavy atom. The smallest absolute Gasteiger partial charge is 0.311 e. The molecular weight excluding hydrogens is 314 g/mol. The van der Waals surface area contributed by atoms with E-state index in [0.29, 0.717) is 6.42 Å². The van der Waals surface area contributed by atoms with Gasteiger partial charge in [-0.05, 0) is 42.5 Å². The summed E-state index contributed by atoms with van der Waals surface area (Å²) in [6.45, 7) is 0.742. The van der Waals surface area contributed by atoms with Gasteiger partial charge in [0, 0.05) is 17.6 Å². The number of benzene rings is 2. The zero-order valence-electron chi connectivity index (χ0n) is 14.2. The summed E-state index contributed by atoms with van der Waals surface area (Å²) in [6, 6.07) is 16.3. The molecule has 0 saturated heterocycles. The van der Waals surface area contributed by atoms with Crippen LogP contribution in [0.1, 0.15) is 35.6 Å². The third kappa shape index (κ3) is 2.58. The Morgan fingerprint density at radius 3 is 2.72 bits per heavy atom. The van der Waals surface area contributed by atoms with E-state index in [1.165, 1.54) is 5.56 Å². The van der Waals surface area contributed by atoms with Gasteiger partial charge < -0.3 is 14.4 Å². The molecule has 4 nitrogen and oxygen atoms in total. The number of carbonyl (C=O) groups is 1. The number of aliphatic carboxylic acids is 1. The molecule has 0 spiro atoms. The number of carboxylic acid groups (broad SMARTS) is 1. The summed E-state index contributed by atoms with van der Waals surface area (Å²) >= 11 is 0. The minimum atomic E-state index is -0.745. The molecule has 0 radical (unpaired) electrons. The van der Waals surface area contributed by atoms with E-state index < -0.39 is 11.9 Å². The fourth-order valence-corrected chi connectivity index (χ4v) is 4.08. The van der Waals surface area contributed by atoms with Gasteiger partial charge in [0.2, 0.25) is 0 Å². The summed E-state index contributed by atoms with van der Waals surface area (Å²) < 4.78 is 7.85. The van der Waals surface area contributed by atoms with E-state index in [2.05, 4.69) is 22.8 Å². The lowest BCUT2D eigenvalue weighted by molar-refractivity contribution is -0.139. The normalized spacial score (nSPS) is 16.6. The van der Waals surface area contributed by atoms with Crippen molar-refractivity contribution in [1.82, 2.24) is 4.57 Å². The van der Waals surface area contributed by atoms with Crippen molar-refractivity contribution in [2.45, 2.75) is 31.7 Å². The number of rotatable bonds is 4. The van der Waals surface area contributed by atoms with Crippen LogP contribution in [-0.2, 0) is 17.8 Å². The molecule has 4 heteroatoms. The average molecular weight is 335 g/mol. The second-order valence-electron chi connectivity index (χ2n) is 6.57. The summed E-state index contributed by atoms with van der Waals surface area (Å²) in [5.41, 5.74) is 4.35. The highest BCUT2D eigenvalue weighted by atomic mass is 16.5. The van der Waals surface area contributed by atoms with Crippen molar-refractivity contribution < 1.29 is 14.6 Å². The summed E-state index contributed by atoms with van der Waals surface area (Å²) in [5, 5.41) is 10.7. The highest BCUT2D eigenvalue weighted by Crippen LogP contribution is 2.43. The van der Waals surface area contributed by atoms with Gasteiger partial charge in [0.15, 0.2) is 0 Å². The zero-order chi connectivity index (χ0) is 17.4. The van der Waals surface area contributed by atoms with Crippen molar-refractivity contribution in [3.63, 3.8) is 0 Å². The molecule has 1 N–H and O–H groups in total. The number of hydrogen-bond acceptors (Lipinski definition) is 2. The Hall–Kier alpha value is -2.75. The maximum atomic E-state index is 11.9. The summed E-state index contributed by atoms with van der Waals surface area (Å²) in [5.74, 6) is -0.445. The van der Waals surface area contributed by atoms with Crippen molar-refractivity contribution in [3.05, 3.63) is 65.4 Å². The first-order chi connectivity index (χ1) is 12.2. The molecular formula is C21H21NO3. The van der Waals surface area contributed by atoms with Crippen LogP contribution in [-0.4, -0.2) is 22.8 Å². The third-order valence-electron chi connectivity index (χ3n) is 5.16. The van der Waals surface area contributed by atoms with Crippen LogP contribution < -0.4 is 4.74 Å².